The third-order valence-electron chi connectivity index (χ3n) is 2.25. The van der Waals surface area contributed by atoms with E-state index < -0.39 is 11.7 Å². The molecule has 2 aromatic heterocycles. The van der Waals surface area contributed by atoms with Crippen molar-refractivity contribution in [2.24, 2.45) is 0 Å². The summed E-state index contributed by atoms with van der Waals surface area (Å²) in [4.78, 5) is 19.2. The van der Waals surface area contributed by atoms with Crippen molar-refractivity contribution in [3.05, 3.63) is 58.9 Å². The summed E-state index contributed by atoms with van der Waals surface area (Å²) in [6.07, 6.45) is 4.21. The zero-order valence-electron chi connectivity index (χ0n) is 9.23. The molecule has 18 heavy (non-hydrogen) atoms. The van der Waals surface area contributed by atoms with Gasteiger partial charge in [0, 0.05) is 18.9 Å². The monoisotopic (exact) mass is 265 g/mol. The standard InChI is InChI=1S/C12H9ClFN3O/c13-11-10(5-9(14)7-16-11)12(18)17-6-8-1-3-15-4-2-8/h1-5,7H,6H2,(H,17,18). The lowest BCUT2D eigenvalue weighted by molar-refractivity contribution is 0.0950. The van der Waals surface area contributed by atoms with E-state index in [0.29, 0.717) is 6.54 Å². The number of carbonyl (C=O) groups excluding carboxylic acids is 1. The van der Waals surface area contributed by atoms with Gasteiger partial charge in [0.15, 0.2) is 0 Å². The van der Waals surface area contributed by atoms with Crippen LogP contribution in [0.4, 0.5) is 4.39 Å². The molecular weight excluding hydrogens is 257 g/mol. The van der Waals surface area contributed by atoms with Crippen molar-refractivity contribution in [1.82, 2.24) is 15.3 Å². The highest BCUT2D eigenvalue weighted by atomic mass is 35.5. The van der Waals surface area contributed by atoms with Crippen LogP contribution >= 0.6 is 11.6 Å². The second-order valence-corrected chi connectivity index (χ2v) is 3.89. The molecule has 6 heteroatoms. The van der Waals surface area contributed by atoms with E-state index in [9.17, 15) is 9.18 Å². The molecule has 4 nitrogen and oxygen atoms in total. The molecule has 0 aliphatic carbocycles. The third-order valence-corrected chi connectivity index (χ3v) is 2.55. The molecule has 2 rings (SSSR count). The van der Waals surface area contributed by atoms with E-state index in [-0.39, 0.29) is 10.7 Å². The number of nitrogens with zero attached hydrogens (tertiary/aromatic N) is 2. The van der Waals surface area contributed by atoms with E-state index in [1.807, 2.05) is 0 Å². The van der Waals surface area contributed by atoms with Gasteiger partial charge in [-0.1, -0.05) is 11.6 Å². The van der Waals surface area contributed by atoms with Crippen LogP contribution in [0.5, 0.6) is 0 Å². The van der Waals surface area contributed by atoms with Crippen LogP contribution in [-0.2, 0) is 6.54 Å². The van der Waals surface area contributed by atoms with Gasteiger partial charge in [0.2, 0.25) is 0 Å². The highest BCUT2D eigenvalue weighted by Crippen LogP contribution is 2.13. The molecule has 0 bridgehead atoms. The maximum absolute atomic E-state index is 13.0. The summed E-state index contributed by atoms with van der Waals surface area (Å²) >= 11 is 5.72. The summed E-state index contributed by atoms with van der Waals surface area (Å²) in [5.41, 5.74) is 0.907. The smallest absolute Gasteiger partial charge is 0.254 e. The van der Waals surface area contributed by atoms with Gasteiger partial charge >= 0.3 is 0 Å². The topological polar surface area (TPSA) is 54.9 Å². The normalized spacial score (nSPS) is 10.1. The summed E-state index contributed by atoms with van der Waals surface area (Å²) < 4.78 is 13.0. The van der Waals surface area contributed by atoms with E-state index in [2.05, 4.69) is 15.3 Å². The molecule has 0 saturated heterocycles. The van der Waals surface area contributed by atoms with E-state index >= 15 is 0 Å². The van der Waals surface area contributed by atoms with Crippen molar-refractivity contribution in [3.63, 3.8) is 0 Å². The lowest BCUT2D eigenvalue weighted by Gasteiger charge is -2.06. The Hall–Kier alpha value is -2.01. The van der Waals surface area contributed by atoms with Gasteiger partial charge in [-0.25, -0.2) is 9.37 Å². The highest BCUT2D eigenvalue weighted by molar-refractivity contribution is 6.32. The van der Waals surface area contributed by atoms with E-state index in [1.54, 1.807) is 24.5 Å². The Balaban J connectivity index is 2.06. The van der Waals surface area contributed by atoms with Crippen molar-refractivity contribution in [2.45, 2.75) is 6.54 Å². The SMILES string of the molecule is O=C(NCc1ccncc1)c1cc(F)cnc1Cl. The summed E-state index contributed by atoms with van der Waals surface area (Å²) in [6.45, 7) is 0.314. The fraction of sp³-hybridized carbons (Fsp3) is 0.0833. The quantitative estimate of drug-likeness (QED) is 0.866. The molecule has 0 unspecified atom stereocenters. The number of amides is 1. The first-order chi connectivity index (χ1) is 8.66. The minimum atomic E-state index is -0.603. The molecule has 0 aliphatic rings. The Morgan fingerprint density at radius 1 is 1.39 bits per heavy atom. The number of aromatic nitrogens is 2. The summed E-state index contributed by atoms with van der Waals surface area (Å²) in [7, 11) is 0. The number of nitrogens with one attached hydrogen (secondary N) is 1. The molecule has 1 N–H and O–H groups in total. The Morgan fingerprint density at radius 3 is 2.83 bits per heavy atom. The molecule has 0 spiro atoms. The first-order valence-corrected chi connectivity index (χ1v) is 5.53. The van der Waals surface area contributed by atoms with Crippen LogP contribution in [0, 0.1) is 5.82 Å². The minimum Gasteiger partial charge on any atom is -0.348 e. The number of pyridine rings is 2. The van der Waals surface area contributed by atoms with Gasteiger partial charge < -0.3 is 5.32 Å². The number of rotatable bonds is 3. The van der Waals surface area contributed by atoms with Crippen LogP contribution < -0.4 is 5.32 Å². The average Bonchev–Trinajstić information content (AvgIpc) is 2.40. The van der Waals surface area contributed by atoms with Crippen molar-refractivity contribution >= 4 is 17.5 Å². The van der Waals surface area contributed by atoms with E-state index in [4.69, 9.17) is 11.6 Å². The Kier molecular flexibility index (Phi) is 3.84. The van der Waals surface area contributed by atoms with Crippen molar-refractivity contribution in [3.8, 4) is 0 Å². The largest absolute Gasteiger partial charge is 0.348 e. The molecule has 1 amide bonds. The van der Waals surface area contributed by atoms with E-state index in [0.717, 1.165) is 17.8 Å². The Morgan fingerprint density at radius 2 is 2.11 bits per heavy atom. The van der Waals surface area contributed by atoms with Crippen LogP contribution in [0.3, 0.4) is 0 Å². The zero-order chi connectivity index (χ0) is 13.0. The van der Waals surface area contributed by atoms with Gasteiger partial charge in [0.25, 0.3) is 5.91 Å². The highest BCUT2D eigenvalue weighted by Gasteiger charge is 2.12. The molecule has 92 valence electrons. The van der Waals surface area contributed by atoms with Crippen LogP contribution in [0.1, 0.15) is 15.9 Å². The van der Waals surface area contributed by atoms with Gasteiger partial charge in [-0.05, 0) is 23.8 Å². The molecule has 0 aliphatic heterocycles. The van der Waals surface area contributed by atoms with Crippen LogP contribution in [0.25, 0.3) is 0 Å². The summed E-state index contributed by atoms with van der Waals surface area (Å²) in [5.74, 6) is -1.07. The van der Waals surface area contributed by atoms with Gasteiger partial charge in [0.1, 0.15) is 11.0 Å². The van der Waals surface area contributed by atoms with Crippen LogP contribution in [0.15, 0.2) is 36.8 Å². The molecule has 0 fully saturated rings. The van der Waals surface area contributed by atoms with Crippen molar-refractivity contribution in [2.75, 3.05) is 0 Å². The number of halogens is 2. The Labute approximate surface area is 108 Å². The predicted molar refractivity (Wildman–Crippen MR) is 64.6 cm³/mol. The zero-order valence-corrected chi connectivity index (χ0v) is 9.99. The first-order valence-electron chi connectivity index (χ1n) is 5.15. The minimum absolute atomic E-state index is 0.0192. The predicted octanol–water partition coefficient (Wildman–Crippen LogP) is 2.20. The number of carbonyl (C=O) groups is 1. The first kappa shape index (κ1) is 12.4. The fourth-order valence-corrected chi connectivity index (χ4v) is 1.55. The molecule has 2 heterocycles. The Bertz CT molecular complexity index is 563. The molecule has 2 aromatic rings. The number of hydrogen-bond acceptors (Lipinski definition) is 3. The third kappa shape index (κ3) is 3.01. The second kappa shape index (κ2) is 5.55. The molecular formula is C12H9ClFN3O. The fourth-order valence-electron chi connectivity index (χ4n) is 1.36. The summed E-state index contributed by atoms with van der Waals surface area (Å²) in [5, 5.41) is 2.60. The maximum atomic E-state index is 13.0. The van der Waals surface area contributed by atoms with E-state index in [1.165, 1.54) is 0 Å². The van der Waals surface area contributed by atoms with Gasteiger partial charge in [-0.15, -0.1) is 0 Å². The van der Waals surface area contributed by atoms with Gasteiger partial charge in [0.05, 0.1) is 11.8 Å². The van der Waals surface area contributed by atoms with Gasteiger partial charge in [-0.3, -0.25) is 9.78 Å². The second-order valence-electron chi connectivity index (χ2n) is 3.53. The van der Waals surface area contributed by atoms with Crippen LogP contribution in [0.2, 0.25) is 5.15 Å². The molecule has 0 atom stereocenters. The number of hydrogen-bond donors (Lipinski definition) is 1. The average molecular weight is 266 g/mol. The summed E-state index contributed by atoms with van der Waals surface area (Å²) in [6, 6.07) is 4.59. The van der Waals surface area contributed by atoms with Crippen molar-refractivity contribution < 1.29 is 9.18 Å². The van der Waals surface area contributed by atoms with Crippen molar-refractivity contribution in [1.29, 1.82) is 0 Å². The lowest BCUT2D eigenvalue weighted by Crippen LogP contribution is -2.23. The van der Waals surface area contributed by atoms with Gasteiger partial charge in [-0.2, -0.15) is 0 Å². The maximum Gasteiger partial charge on any atom is 0.254 e. The molecule has 0 radical (unpaired) electrons. The molecule has 0 aromatic carbocycles. The lowest BCUT2D eigenvalue weighted by atomic mass is 10.2. The molecule has 0 saturated carbocycles. The van der Waals surface area contributed by atoms with Crippen LogP contribution in [-0.4, -0.2) is 15.9 Å².